The van der Waals surface area contributed by atoms with Gasteiger partial charge in [-0.1, -0.05) is 0 Å². The van der Waals surface area contributed by atoms with Crippen LogP contribution in [0.25, 0.3) is 0 Å². The van der Waals surface area contributed by atoms with E-state index < -0.39 is 0 Å². The minimum Gasteiger partial charge on any atom is -0.371 e. The Morgan fingerprint density at radius 2 is 1.70 bits per heavy atom. The fourth-order valence-corrected chi connectivity index (χ4v) is 4.59. The molecule has 27 heavy (non-hydrogen) atoms. The van der Waals surface area contributed by atoms with E-state index in [9.17, 15) is 9.59 Å². The number of hydrogen-bond acceptors (Lipinski definition) is 6. The third kappa shape index (κ3) is 3.98. The molecule has 3 heterocycles. The lowest BCUT2D eigenvalue weighted by Gasteiger charge is -2.39. The van der Waals surface area contributed by atoms with E-state index in [4.69, 9.17) is 0 Å². The van der Waals surface area contributed by atoms with Gasteiger partial charge in [0.25, 0.3) is 0 Å². The Morgan fingerprint density at radius 1 is 1.00 bits per heavy atom. The summed E-state index contributed by atoms with van der Waals surface area (Å²) in [4.78, 5) is 34.7. The Bertz CT molecular complexity index is 762. The van der Waals surface area contributed by atoms with Crippen molar-refractivity contribution in [1.82, 2.24) is 9.88 Å². The van der Waals surface area contributed by atoms with Crippen LogP contribution in [0.3, 0.4) is 0 Å². The number of nitrogens with zero attached hydrogens (tertiary/aromatic N) is 4. The van der Waals surface area contributed by atoms with E-state index in [0.717, 1.165) is 69.2 Å². The van der Waals surface area contributed by atoms with Gasteiger partial charge < -0.3 is 14.7 Å². The van der Waals surface area contributed by atoms with Gasteiger partial charge in [0.05, 0.1) is 0 Å². The van der Waals surface area contributed by atoms with Crippen molar-refractivity contribution in [3.63, 3.8) is 0 Å². The number of hydrogen-bond donors (Lipinski definition) is 0. The summed E-state index contributed by atoms with van der Waals surface area (Å²) >= 11 is 1.65. The minimum atomic E-state index is 0.127. The van der Waals surface area contributed by atoms with E-state index in [2.05, 4.69) is 14.8 Å². The molecule has 0 N–H and O–H groups in total. The SMILES string of the molecule is O=Cc1ccc(N2CCC(C(=O)N3CCN(c4nccs4)CC3)CC2)cc1. The van der Waals surface area contributed by atoms with Crippen LogP contribution in [0, 0.1) is 5.92 Å². The number of aromatic nitrogens is 1. The van der Waals surface area contributed by atoms with E-state index in [-0.39, 0.29) is 5.92 Å². The minimum absolute atomic E-state index is 0.127. The van der Waals surface area contributed by atoms with E-state index in [1.165, 1.54) is 0 Å². The zero-order valence-electron chi connectivity index (χ0n) is 15.3. The van der Waals surface area contributed by atoms with E-state index >= 15 is 0 Å². The Kier molecular flexibility index (Phi) is 5.38. The number of aldehydes is 1. The third-order valence-corrected chi connectivity index (χ3v) is 6.35. The van der Waals surface area contributed by atoms with E-state index in [1.54, 1.807) is 11.3 Å². The van der Waals surface area contributed by atoms with Gasteiger partial charge in [0, 0.05) is 68.0 Å². The second-order valence-corrected chi connectivity index (χ2v) is 7.97. The number of carbonyl (C=O) groups is 2. The van der Waals surface area contributed by atoms with Crippen LogP contribution < -0.4 is 9.80 Å². The van der Waals surface area contributed by atoms with Gasteiger partial charge in [0.1, 0.15) is 6.29 Å². The molecule has 0 saturated carbocycles. The first-order chi connectivity index (χ1) is 13.2. The van der Waals surface area contributed by atoms with Crippen molar-refractivity contribution in [2.24, 2.45) is 5.92 Å². The lowest BCUT2D eigenvalue weighted by Crippen LogP contribution is -2.51. The number of thiazole rings is 1. The van der Waals surface area contributed by atoms with Crippen LogP contribution in [0.1, 0.15) is 23.2 Å². The maximum absolute atomic E-state index is 12.9. The average Bonchev–Trinajstić information content (AvgIpc) is 3.28. The van der Waals surface area contributed by atoms with Gasteiger partial charge in [-0.2, -0.15) is 0 Å². The number of carbonyl (C=O) groups excluding carboxylic acids is 2. The van der Waals surface area contributed by atoms with Crippen LogP contribution in [0.4, 0.5) is 10.8 Å². The summed E-state index contributed by atoms with van der Waals surface area (Å²) in [6.45, 7) is 5.06. The van der Waals surface area contributed by atoms with Crippen molar-refractivity contribution in [1.29, 1.82) is 0 Å². The summed E-state index contributed by atoms with van der Waals surface area (Å²) in [6.07, 6.45) is 4.47. The molecule has 142 valence electrons. The molecule has 7 heteroatoms. The summed E-state index contributed by atoms with van der Waals surface area (Å²) in [6, 6.07) is 7.68. The zero-order valence-corrected chi connectivity index (χ0v) is 16.1. The van der Waals surface area contributed by atoms with Gasteiger partial charge in [-0.25, -0.2) is 4.98 Å². The van der Waals surface area contributed by atoms with Crippen molar-refractivity contribution in [2.75, 3.05) is 49.1 Å². The lowest BCUT2D eigenvalue weighted by molar-refractivity contribution is -0.136. The van der Waals surface area contributed by atoms with Crippen molar-refractivity contribution >= 4 is 34.3 Å². The molecule has 0 spiro atoms. The lowest BCUT2D eigenvalue weighted by atomic mass is 9.94. The first-order valence-corrected chi connectivity index (χ1v) is 10.4. The van der Waals surface area contributed by atoms with Gasteiger partial charge in [-0.3, -0.25) is 9.59 Å². The molecule has 2 saturated heterocycles. The molecule has 0 bridgehead atoms. The normalized spacial score (nSPS) is 18.6. The monoisotopic (exact) mass is 384 g/mol. The summed E-state index contributed by atoms with van der Waals surface area (Å²) < 4.78 is 0. The predicted molar refractivity (Wildman–Crippen MR) is 108 cm³/mol. The first-order valence-electron chi connectivity index (χ1n) is 9.48. The summed E-state index contributed by atoms with van der Waals surface area (Å²) in [7, 11) is 0. The Balaban J connectivity index is 1.28. The highest BCUT2D eigenvalue weighted by Crippen LogP contribution is 2.26. The maximum Gasteiger partial charge on any atom is 0.225 e. The van der Waals surface area contributed by atoms with E-state index in [1.807, 2.05) is 40.7 Å². The molecular weight excluding hydrogens is 360 g/mol. The van der Waals surface area contributed by atoms with Crippen LogP contribution in [0.15, 0.2) is 35.8 Å². The van der Waals surface area contributed by atoms with Crippen LogP contribution >= 0.6 is 11.3 Å². The largest absolute Gasteiger partial charge is 0.371 e. The topological polar surface area (TPSA) is 56.8 Å². The number of anilines is 2. The van der Waals surface area contributed by atoms with Crippen LogP contribution in [0.2, 0.25) is 0 Å². The molecule has 1 aromatic heterocycles. The fourth-order valence-electron chi connectivity index (χ4n) is 3.90. The molecule has 2 aromatic rings. The van der Waals surface area contributed by atoms with Crippen molar-refractivity contribution in [3.8, 4) is 0 Å². The molecule has 1 aromatic carbocycles. The Hall–Kier alpha value is -2.41. The summed E-state index contributed by atoms with van der Waals surface area (Å²) in [5, 5.41) is 3.05. The quantitative estimate of drug-likeness (QED) is 0.758. The second-order valence-electron chi connectivity index (χ2n) is 7.10. The van der Waals surface area contributed by atoms with Gasteiger partial charge in [0.2, 0.25) is 5.91 Å². The van der Waals surface area contributed by atoms with Crippen molar-refractivity contribution < 1.29 is 9.59 Å². The van der Waals surface area contributed by atoms with Gasteiger partial charge in [-0.05, 0) is 37.1 Å². The maximum atomic E-state index is 12.9. The van der Waals surface area contributed by atoms with Gasteiger partial charge >= 0.3 is 0 Å². The fraction of sp³-hybridized carbons (Fsp3) is 0.450. The number of amides is 1. The number of rotatable bonds is 4. The zero-order chi connectivity index (χ0) is 18.6. The molecule has 0 radical (unpaired) electrons. The molecule has 6 nitrogen and oxygen atoms in total. The number of piperidine rings is 1. The average molecular weight is 385 g/mol. The molecule has 2 fully saturated rings. The highest BCUT2D eigenvalue weighted by atomic mass is 32.1. The molecule has 0 unspecified atom stereocenters. The smallest absolute Gasteiger partial charge is 0.225 e. The van der Waals surface area contributed by atoms with Gasteiger partial charge in [0.15, 0.2) is 5.13 Å². The summed E-state index contributed by atoms with van der Waals surface area (Å²) in [5.74, 6) is 0.437. The predicted octanol–water partition coefficient (Wildman–Crippen LogP) is 2.52. The molecular formula is C20H24N4O2S. The standard InChI is InChI=1S/C20H24N4O2S/c25-15-16-1-3-18(4-2-16)22-8-5-17(6-9-22)19(26)23-10-12-24(13-11-23)20-21-7-14-27-20/h1-4,7,14-15,17H,5-6,8-13H2. The molecule has 4 rings (SSSR count). The molecule has 2 aliphatic rings. The second kappa shape index (κ2) is 8.08. The molecule has 1 amide bonds. The summed E-state index contributed by atoms with van der Waals surface area (Å²) in [5.41, 5.74) is 1.82. The van der Waals surface area contributed by atoms with E-state index in [0.29, 0.717) is 11.5 Å². The third-order valence-electron chi connectivity index (χ3n) is 5.52. The number of piperazine rings is 1. The van der Waals surface area contributed by atoms with Crippen molar-refractivity contribution in [2.45, 2.75) is 12.8 Å². The van der Waals surface area contributed by atoms with Crippen molar-refractivity contribution in [3.05, 3.63) is 41.4 Å². The highest BCUT2D eigenvalue weighted by molar-refractivity contribution is 7.13. The Labute approximate surface area is 163 Å². The van der Waals surface area contributed by atoms with Crippen LogP contribution in [-0.4, -0.2) is 61.3 Å². The highest BCUT2D eigenvalue weighted by Gasteiger charge is 2.30. The first kappa shape index (κ1) is 18.0. The van der Waals surface area contributed by atoms with Crippen LogP contribution in [0.5, 0.6) is 0 Å². The molecule has 0 atom stereocenters. The molecule has 0 aliphatic carbocycles. The Morgan fingerprint density at radius 3 is 2.30 bits per heavy atom. The molecule has 2 aliphatic heterocycles. The number of benzene rings is 1. The van der Waals surface area contributed by atoms with Crippen LogP contribution in [-0.2, 0) is 4.79 Å². The van der Waals surface area contributed by atoms with Gasteiger partial charge in [-0.15, -0.1) is 11.3 Å².